The summed E-state index contributed by atoms with van der Waals surface area (Å²) in [5, 5.41) is 8.99. The predicted octanol–water partition coefficient (Wildman–Crippen LogP) is 1.92. The zero-order chi connectivity index (χ0) is 14.5. The summed E-state index contributed by atoms with van der Waals surface area (Å²) in [6, 6.07) is 1.27. The molecule has 1 fully saturated rings. The predicted molar refractivity (Wildman–Crippen MR) is 63.3 cm³/mol. The topological polar surface area (TPSA) is 66.4 Å². The van der Waals surface area contributed by atoms with E-state index in [0.29, 0.717) is 10.4 Å². The van der Waals surface area contributed by atoms with Crippen LogP contribution in [0.15, 0.2) is 10.3 Å². The van der Waals surface area contributed by atoms with E-state index < -0.39 is 21.7 Å². The first-order chi connectivity index (χ1) is 8.61. The summed E-state index contributed by atoms with van der Waals surface area (Å²) in [6.07, 6.45) is -5.08. The van der Waals surface area contributed by atoms with Crippen molar-refractivity contribution in [2.75, 3.05) is 0 Å². The van der Waals surface area contributed by atoms with E-state index >= 15 is 0 Å². The first kappa shape index (κ1) is 14.8. The molecule has 0 bridgehead atoms. The lowest BCUT2D eigenvalue weighted by Crippen LogP contribution is -2.47. The number of hydrogen-bond acceptors (Lipinski definition) is 4. The van der Waals surface area contributed by atoms with Gasteiger partial charge in [0, 0.05) is 4.88 Å². The Morgan fingerprint density at radius 3 is 2.42 bits per heavy atom. The number of thiophene rings is 1. The molecule has 0 radical (unpaired) electrons. The lowest BCUT2D eigenvalue weighted by Gasteiger charge is -2.19. The third-order valence-corrected chi connectivity index (χ3v) is 6.26. The van der Waals surface area contributed by atoms with Crippen LogP contribution in [0.5, 0.6) is 0 Å². The van der Waals surface area contributed by atoms with Crippen LogP contribution in [0.3, 0.4) is 0 Å². The molecule has 0 aromatic carbocycles. The molecule has 0 amide bonds. The second-order valence-corrected chi connectivity index (χ2v) is 7.56. The van der Waals surface area contributed by atoms with Crippen LogP contribution in [-0.4, -0.2) is 25.2 Å². The number of sulfonamides is 1. The number of nitrogens with one attached hydrogen (secondary N) is 1. The van der Waals surface area contributed by atoms with Crippen LogP contribution in [0.1, 0.15) is 23.3 Å². The van der Waals surface area contributed by atoms with Crippen LogP contribution in [0.4, 0.5) is 13.2 Å². The van der Waals surface area contributed by atoms with E-state index in [2.05, 4.69) is 0 Å². The van der Waals surface area contributed by atoms with Gasteiger partial charge in [0.05, 0.1) is 6.61 Å². The van der Waals surface area contributed by atoms with Gasteiger partial charge in [-0.15, -0.1) is 11.3 Å². The highest BCUT2D eigenvalue weighted by Crippen LogP contribution is 2.50. The Morgan fingerprint density at radius 1 is 1.47 bits per heavy atom. The maximum absolute atomic E-state index is 12.7. The van der Waals surface area contributed by atoms with Gasteiger partial charge in [0.2, 0.25) is 0 Å². The first-order valence-electron chi connectivity index (χ1n) is 5.42. The van der Waals surface area contributed by atoms with Crippen LogP contribution in [0, 0.1) is 6.92 Å². The molecule has 108 valence electrons. The third kappa shape index (κ3) is 2.64. The van der Waals surface area contributed by atoms with Crippen LogP contribution in [-0.2, 0) is 16.6 Å². The molecule has 0 saturated heterocycles. The molecular formula is C10H12F3NO3S2. The minimum atomic E-state index is -4.59. The standard InChI is InChI=1S/C10H12F3NO3S2/c1-6-4-8(18-7(6)5-15)19(16,17)14-9(2-3-9)10(11,12)13/h4,14-15H,2-3,5H2,1H3. The zero-order valence-electron chi connectivity index (χ0n) is 9.91. The largest absolute Gasteiger partial charge is 0.407 e. The van der Waals surface area contributed by atoms with Gasteiger partial charge < -0.3 is 5.11 Å². The van der Waals surface area contributed by atoms with Gasteiger partial charge in [0.25, 0.3) is 10.0 Å². The van der Waals surface area contributed by atoms with Crippen LogP contribution in [0.2, 0.25) is 0 Å². The van der Waals surface area contributed by atoms with Gasteiger partial charge in [-0.2, -0.15) is 17.9 Å². The van der Waals surface area contributed by atoms with Gasteiger partial charge in [-0.25, -0.2) is 8.42 Å². The summed E-state index contributed by atoms with van der Waals surface area (Å²) < 4.78 is 63.6. The molecule has 1 aliphatic carbocycles. The zero-order valence-corrected chi connectivity index (χ0v) is 11.5. The van der Waals surface area contributed by atoms with Crippen molar-refractivity contribution in [2.45, 2.75) is 42.3 Å². The Bertz CT molecular complexity index is 588. The van der Waals surface area contributed by atoms with E-state index in [-0.39, 0.29) is 23.7 Å². The average Bonchev–Trinajstić information content (AvgIpc) is 2.93. The summed E-state index contributed by atoms with van der Waals surface area (Å²) in [5.41, 5.74) is -1.77. The number of hydrogen-bond donors (Lipinski definition) is 2. The molecule has 0 spiro atoms. The highest BCUT2D eigenvalue weighted by Gasteiger charge is 2.65. The second kappa shape index (κ2) is 4.44. The van der Waals surface area contributed by atoms with Gasteiger partial charge >= 0.3 is 6.18 Å². The van der Waals surface area contributed by atoms with Crippen molar-refractivity contribution < 1.29 is 26.7 Å². The van der Waals surface area contributed by atoms with Gasteiger partial charge in [-0.05, 0) is 31.4 Å². The van der Waals surface area contributed by atoms with Crippen LogP contribution < -0.4 is 4.72 Å². The lowest BCUT2D eigenvalue weighted by molar-refractivity contribution is -0.160. The van der Waals surface area contributed by atoms with Gasteiger partial charge in [0.15, 0.2) is 0 Å². The minimum Gasteiger partial charge on any atom is -0.391 e. The fourth-order valence-corrected chi connectivity index (χ4v) is 4.55. The molecule has 1 saturated carbocycles. The van der Waals surface area contributed by atoms with Crippen molar-refractivity contribution in [2.24, 2.45) is 0 Å². The number of aryl methyl sites for hydroxylation is 1. The molecule has 1 aromatic rings. The Hall–Kier alpha value is -0.640. The number of aliphatic hydroxyl groups excluding tert-OH is 1. The molecule has 0 aliphatic heterocycles. The molecule has 2 N–H and O–H groups in total. The van der Waals surface area contributed by atoms with Crippen LogP contribution in [0.25, 0.3) is 0 Å². The molecular weight excluding hydrogens is 303 g/mol. The van der Waals surface area contributed by atoms with Gasteiger partial charge in [-0.3, -0.25) is 0 Å². The molecule has 1 heterocycles. The Kier molecular flexibility index (Phi) is 3.45. The summed E-state index contributed by atoms with van der Waals surface area (Å²) >= 11 is 0.778. The number of alkyl halides is 3. The molecule has 1 aliphatic rings. The Balaban J connectivity index is 2.29. The van der Waals surface area contributed by atoms with E-state index in [0.717, 1.165) is 11.3 Å². The minimum absolute atomic E-state index is 0.204. The number of rotatable bonds is 4. The molecule has 2 rings (SSSR count). The van der Waals surface area contributed by atoms with Gasteiger partial charge in [-0.1, -0.05) is 0 Å². The highest BCUT2D eigenvalue weighted by molar-refractivity contribution is 7.91. The van der Waals surface area contributed by atoms with Crippen LogP contribution >= 0.6 is 11.3 Å². The van der Waals surface area contributed by atoms with E-state index in [4.69, 9.17) is 5.11 Å². The average molecular weight is 315 g/mol. The molecule has 9 heteroatoms. The summed E-state index contributed by atoms with van der Waals surface area (Å²) in [5.74, 6) is 0. The van der Waals surface area contributed by atoms with E-state index in [1.54, 1.807) is 11.6 Å². The number of aliphatic hydroxyl groups is 1. The molecule has 1 aromatic heterocycles. The van der Waals surface area contributed by atoms with Crippen molar-refractivity contribution in [3.05, 3.63) is 16.5 Å². The van der Waals surface area contributed by atoms with Gasteiger partial charge in [0.1, 0.15) is 9.75 Å². The highest BCUT2D eigenvalue weighted by atomic mass is 32.2. The Morgan fingerprint density at radius 2 is 2.05 bits per heavy atom. The normalized spacial score (nSPS) is 18.6. The SMILES string of the molecule is Cc1cc(S(=O)(=O)NC2(C(F)(F)F)CC2)sc1CO. The maximum Gasteiger partial charge on any atom is 0.407 e. The quantitative estimate of drug-likeness (QED) is 0.892. The second-order valence-electron chi connectivity index (χ2n) is 4.52. The summed E-state index contributed by atoms with van der Waals surface area (Å²) in [6.45, 7) is 1.26. The monoisotopic (exact) mass is 315 g/mol. The first-order valence-corrected chi connectivity index (χ1v) is 7.72. The molecule has 19 heavy (non-hydrogen) atoms. The van der Waals surface area contributed by atoms with Crippen molar-refractivity contribution in [1.82, 2.24) is 4.72 Å². The molecule has 4 nitrogen and oxygen atoms in total. The smallest absolute Gasteiger partial charge is 0.391 e. The molecule has 0 unspecified atom stereocenters. The van der Waals surface area contributed by atoms with E-state index in [9.17, 15) is 21.6 Å². The van der Waals surface area contributed by atoms with Crippen molar-refractivity contribution in [3.63, 3.8) is 0 Å². The lowest BCUT2D eigenvalue weighted by atomic mass is 10.3. The van der Waals surface area contributed by atoms with E-state index in [1.807, 2.05) is 0 Å². The maximum atomic E-state index is 12.7. The summed E-state index contributed by atoms with van der Waals surface area (Å²) in [7, 11) is -4.21. The molecule has 0 atom stereocenters. The summed E-state index contributed by atoms with van der Waals surface area (Å²) in [4.78, 5) is 0.428. The van der Waals surface area contributed by atoms with Crippen molar-refractivity contribution in [3.8, 4) is 0 Å². The Labute approximate surface area is 112 Å². The number of halogens is 3. The third-order valence-electron chi connectivity index (χ3n) is 3.03. The fraction of sp³-hybridized carbons (Fsp3) is 0.600. The van der Waals surface area contributed by atoms with E-state index in [1.165, 1.54) is 6.07 Å². The van der Waals surface area contributed by atoms with Crippen molar-refractivity contribution >= 4 is 21.4 Å². The van der Waals surface area contributed by atoms with Crippen molar-refractivity contribution in [1.29, 1.82) is 0 Å². The fourth-order valence-electron chi connectivity index (χ4n) is 1.65.